The van der Waals surface area contributed by atoms with Crippen molar-refractivity contribution >= 4 is 24.8 Å². The molecule has 92 valence electrons. The zero-order valence-corrected chi connectivity index (χ0v) is 11.2. The fourth-order valence-corrected chi connectivity index (χ4v) is 2.00. The summed E-state index contributed by atoms with van der Waals surface area (Å²) in [5.41, 5.74) is 1.40. The molecular formula is C12H20Cl2N2. The van der Waals surface area contributed by atoms with E-state index in [-0.39, 0.29) is 24.8 Å². The van der Waals surface area contributed by atoms with E-state index < -0.39 is 0 Å². The van der Waals surface area contributed by atoms with Gasteiger partial charge < -0.3 is 10.2 Å². The molecule has 1 N–H and O–H groups in total. The largest absolute Gasteiger partial charge is 0.309 e. The first-order valence-electron chi connectivity index (χ1n) is 5.33. The van der Waals surface area contributed by atoms with Crippen molar-refractivity contribution in [2.24, 2.45) is 0 Å². The summed E-state index contributed by atoms with van der Waals surface area (Å²) >= 11 is 0. The summed E-state index contributed by atoms with van der Waals surface area (Å²) in [6.07, 6.45) is 1.25. The molecule has 1 aliphatic heterocycles. The van der Waals surface area contributed by atoms with Gasteiger partial charge in [-0.25, -0.2) is 0 Å². The maximum absolute atomic E-state index is 3.59. The molecule has 1 atom stereocenters. The van der Waals surface area contributed by atoms with Gasteiger partial charge in [0.15, 0.2) is 0 Å². The highest BCUT2D eigenvalue weighted by atomic mass is 35.5. The zero-order valence-electron chi connectivity index (χ0n) is 9.56. The van der Waals surface area contributed by atoms with E-state index in [1.807, 2.05) is 0 Å². The van der Waals surface area contributed by atoms with E-state index in [1.54, 1.807) is 0 Å². The van der Waals surface area contributed by atoms with E-state index in [1.165, 1.54) is 18.5 Å². The number of hydrogen-bond donors (Lipinski definition) is 1. The Morgan fingerprint density at radius 2 is 1.88 bits per heavy atom. The van der Waals surface area contributed by atoms with Gasteiger partial charge in [-0.1, -0.05) is 30.3 Å². The molecule has 2 rings (SSSR count). The van der Waals surface area contributed by atoms with E-state index in [0.717, 1.165) is 13.1 Å². The van der Waals surface area contributed by atoms with Crippen LogP contribution in [0.2, 0.25) is 0 Å². The van der Waals surface area contributed by atoms with Crippen LogP contribution in [0.15, 0.2) is 30.3 Å². The summed E-state index contributed by atoms with van der Waals surface area (Å²) in [5.74, 6) is 0. The van der Waals surface area contributed by atoms with Gasteiger partial charge >= 0.3 is 0 Å². The van der Waals surface area contributed by atoms with Gasteiger partial charge in [-0.15, -0.1) is 24.8 Å². The molecule has 0 bridgehead atoms. The topological polar surface area (TPSA) is 15.3 Å². The summed E-state index contributed by atoms with van der Waals surface area (Å²) in [5, 5.41) is 3.59. The Morgan fingerprint density at radius 1 is 1.19 bits per heavy atom. The molecule has 1 unspecified atom stereocenters. The Hall–Kier alpha value is -0.280. The van der Waals surface area contributed by atoms with Gasteiger partial charge in [0, 0.05) is 12.6 Å². The lowest BCUT2D eigenvalue weighted by Crippen LogP contribution is -2.28. The number of likely N-dealkylation sites (N-methyl/N-ethyl adjacent to an activating group) is 1. The van der Waals surface area contributed by atoms with Crippen molar-refractivity contribution in [3.8, 4) is 0 Å². The number of rotatable bonds is 1. The summed E-state index contributed by atoms with van der Waals surface area (Å²) in [6, 6.07) is 11.2. The van der Waals surface area contributed by atoms with Crippen LogP contribution < -0.4 is 5.32 Å². The molecule has 0 aliphatic carbocycles. The average molecular weight is 263 g/mol. The van der Waals surface area contributed by atoms with Gasteiger partial charge in [0.2, 0.25) is 0 Å². The highest BCUT2D eigenvalue weighted by molar-refractivity contribution is 5.85. The van der Waals surface area contributed by atoms with E-state index in [9.17, 15) is 0 Å². The third-order valence-electron chi connectivity index (χ3n) is 2.80. The Bertz CT molecular complexity index is 280. The standard InChI is InChI=1S/C12H18N2.2ClH/c1-14-9-5-8-13-12(10-14)11-6-3-2-4-7-11;;/h2-4,6-7,12-13H,5,8-10H2,1H3;2*1H. The smallest absolute Gasteiger partial charge is 0.0449 e. The lowest BCUT2D eigenvalue weighted by atomic mass is 10.1. The molecule has 0 spiro atoms. The van der Waals surface area contributed by atoms with Crippen LogP contribution in [0.4, 0.5) is 0 Å². The highest BCUT2D eigenvalue weighted by Gasteiger charge is 2.15. The minimum Gasteiger partial charge on any atom is -0.309 e. The van der Waals surface area contributed by atoms with E-state index >= 15 is 0 Å². The quantitative estimate of drug-likeness (QED) is 0.837. The minimum absolute atomic E-state index is 0. The summed E-state index contributed by atoms with van der Waals surface area (Å²) in [6.45, 7) is 3.45. The van der Waals surface area contributed by atoms with Crippen LogP contribution in [0.5, 0.6) is 0 Å². The number of nitrogens with zero attached hydrogens (tertiary/aromatic N) is 1. The van der Waals surface area contributed by atoms with Gasteiger partial charge in [0.1, 0.15) is 0 Å². The molecular weight excluding hydrogens is 243 g/mol. The Morgan fingerprint density at radius 3 is 2.56 bits per heavy atom. The summed E-state index contributed by atoms with van der Waals surface area (Å²) < 4.78 is 0. The number of hydrogen-bond acceptors (Lipinski definition) is 2. The predicted octanol–water partition coefficient (Wildman–Crippen LogP) is 2.50. The Balaban J connectivity index is 0.00000112. The van der Waals surface area contributed by atoms with Crippen molar-refractivity contribution in [1.29, 1.82) is 0 Å². The van der Waals surface area contributed by atoms with E-state index in [2.05, 4.69) is 47.6 Å². The van der Waals surface area contributed by atoms with Crippen LogP contribution in [0.3, 0.4) is 0 Å². The molecule has 1 saturated heterocycles. The van der Waals surface area contributed by atoms with Gasteiger partial charge in [-0.05, 0) is 32.1 Å². The minimum atomic E-state index is 0. The third kappa shape index (κ3) is 4.30. The van der Waals surface area contributed by atoms with Crippen LogP contribution in [0.1, 0.15) is 18.0 Å². The molecule has 16 heavy (non-hydrogen) atoms. The molecule has 0 aromatic heterocycles. The maximum atomic E-state index is 3.59. The van der Waals surface area contributed by atoms with Crippen molar-refractivity contribution < 1.29 is 0 Å². The monoisotopic (exact) mass is 262 g/mol. The fraction of sp³-hybridized carbons (Fsp3) is 0.500. The Labute approximate surface area is 110 Å². The summed E-state index contributed by atoms with van der Waals surface area (Å²) in [4.78, 5) is 2.40. The molecule has 2 nitrogen and oxygen atoms in total. The zero-order chi connectivity index (χ0) is 9.80. The van der Waals surface area contributed by atoms with Crippen molar-refractivity contribution in [3.63, 3.8) is 0 Å². The molecule has 1 heterocycles. The first-order valence-corrected chi connectivity index (χ1v) is 5.33. The molecule has 1 fully saturated rings. The lowest BCUT2D eigenvalue weighted by Gasteiger charge is -2.20. The molecule has 1 aromatic carbocycles. The lowest BCUT2D eigenvalue weighted by molar-refractivity contribution is 0.326. The van der Waals surface area contributed by atoms with Crippen LogP contribution in [0.25, 0.3) is 0 Å². The summed E-state index contributed by atoms with van der Waals surface area (Å²) in [7, 11) is 2.20. The van der Waals surface area contributed by atoms with Crippen LogP contribution in [0, 0.1) is 0 Å². The molecule has 0 amide bonds. The normalized spacial score (nSPS) is 21.4. The van der Waals surface area contributed by atoms with Crippen LogP contribution in [-0.2, 0) is 0 Å². The SMILES string of the molecule is CN1CCCNC(c2ccccc2)C1.Cl.Cl. The van der Waals surface area contributed by atoms with Gasteiger partial charge in [0.05, 0.1) is 0 Å². The van der Waals surface area contributed by atoms with Gasteiger partial charge in [-0.3, -0.25) is 0 Å². The molecule has 1 aliphatic rings. The van der Waals surface area contributed by atoms with Gasteiger partial charge in [-0.2, -0.15) is 0 Å². The first kappa shape index (κ1) is 15.7. The molecule has 1 aromatic rings. The second-order valence-corrected chi connectivity index (χ2v) is 4.03. The maximum Gasteiger partial charge on any atom is 0.0449 e. The van der Waals surface area contributed by atoms with E-state index in [0.29, 0.717) is 6.04 Å². The second-order valence-electron chi connectivity index (χ2n) is 4.03. The van der Waals surface area contributed by atoms with E-state index in [4.69, 9.17) is 0 Å². The average Bonchev–Trinajstić information content (AvgIpc) is 2.44. The van der Waals surface area contributed by atoms with Crippen molar-refractivity contribution in [3.05, 3.63) is 35.9 Å². The molecule has 0 radical (unpaired) electrons. The van der Waals surface area contributed by atoms with Crippen molar-refractivity contribution in [2.75, 3.05) is 26.7 Å². The van der Waals surface area contributed by atoms with Crippen molar-refractivity contribution in [1.82, 2.24) is 10.2 Å². The van der Waals surface area contributed by atoms with Crippen LogP contribution in [-0.4, -0.2) is 31.6 Å². The number of halogens is 2. The predicted molar refractivity (Wildman–Crippen MR) is 73.8 cm³/mol. The molecule has 0 saturated carbocycles. The van der Waals surface area contributed by atoms with Crippen molar-refractivity contribution in [2.45, 2.75) is 12.5 Å². The second kappa shape index (κ2) is 7.91. The van der Waals surface area contributed by atoms with Crippen LogP contribution >= 0.6 is 24.8 Å². The number of benzene rings is 1. The number of nitrogens with one attached hydrogen (secondary N) is 1. The first-order chi connectivity index (χ1) is 6.86. The van der Waals surface area contributed by atoms with Gasteiger partial charge in [0.25, 0.3) is 0 Å². The Kier molecular flexibility index (Phi) is 7.77. The fourth-order valence-electron chi connectivity index (χ4n) is 2.00. The highest BCUT2D eigenvalue weighted by Crippen LogP contribution is 2.15. The third-order valence-corrected chi connectivity index (χ3v) is 2.80. The molecule has 4 heteroatoms.